The molecule has 2 aliphatic rings. The minimum atomic E-state index is -2.71. The highest BCUT2D eigenvalue weighted by atomic mass is 31.2. The van der Waals surface area contributed by atoms with Gasteiger partial charge in [-0.25, -0.2) is 0 Å². The zero-order chi connectivity index (χ0) is 18.0. The molecular formula is C24H29OP. The van der Waals surface area contributed by atoms with E-state index in [0.29, 0.717) is 0 Å². The van der Waals surface area contributed by atoms with Crippen LogP contribution in [0.3, 0.4) is 0 Å². The standard InChI is InChI=1S/C24H29OP/c1-24(20-12-8-9-13-20)19-11-10-18-23(24)26(25,21-14-4-2-5-15-21)22-16-6-3-7-17-22/h2-7,12,14-17,23H,8-11,13,18-19H2,1H3/t23?,24-/m0/s1. The molecule has 0 N–H and O–H groups in total. The summed E-state index contributed by atoms with van der Waals surface area (Å²) in [6.07, 6.45) is 10.8. The SMILES string of the molecule is C[C@@]1(C2=CCCC2)CCCCC1P(=O)(c1ccccc1)c1ccccc1. The average Bonchev–Trinajstić information content (AvgIpc) is 3.25. The van der Waals surface area contributed by atoms with Crippen LogP contribution in [0.2, 0.25) is 0 Å². The minimum Gasteiger partial charge on any atom is -0.313 e. The molecule has 1 nitrogen and oxygen atoms in total. The predicted molar refractivity (Wildman–Crippen MR) is 112 cm³/mol. The van der Waals surface area contributed by atoms with Crippen LogP contribution in [-0.2, 0) is 4.57 Å². The van der Waals surface area contributed by atoms with Gasteiger partial charge in [0.1, 0.15) is 7.14 Å². The molecule has 26 heavy (non-hydrogen) atoms. The largest absolute Gasteiger partial charge is 0.313 e. The van der Waals surface area contributed by atoms with Gasteiger partial charge in [-0.1, -0.05) is 92.1 Å². The van der Waals surface area contributed by atoms with E-state index >= 15 is 0 Å². The minimum absolute atomic E-state index is 0.0654. The van der Waals surface area contributed by atoms with Crippen molar-refractivity contribution >= 4 is 17.8 Å². The number of hydrogen-bond donors (Lipinski definition) is 0. The molecule has 2 atom stereocenters. The van der Waals surface area contributed by atoms with Crippen LogP contribution in [0.15, 0.2) is 72.3 Å². The molecular weight excluding hydrogens is 335 g/mol. The van der Waals surface area contributed by atoms with E-state index in [2.05, 4.69) is 37.3 Å². The maximum Gasteiger partial charge on any atom is 0.147 e. The third-order valence-corrected chi connectivity index (χ3v) is 10.5. The molecule has 1 saturated carbocycles. The van der Waals surface area contributed by atoms with Gasteiger partial charge in [-0.05, 0) is 37.5 Å². The van der Waals surface area contributed by atoms with Crippen molar-refractivity contribution in [2.24, 2.45) is 5.41 Å². The van der Waals surface area contributed by atoms with Crippen LogP contribution in [-0.4, -0.2) is 5.66 Å². The van der Waals surface area contributed by atoms with Crippen LogP contribution in [0.25, 0.3) is 0 Å². The van der Waals surface area contributed by atoms with Gasteiger partial charge in [0.25, 0.3) is 0 Å². The van der Waals surface area contributed by atoms with Gasteiger partial charge in [0.2, 0.25) is 0 Å². The second kappa shape index (κ2) is 7.20. The Labute approximate surface area is 157 Å². The molecule has 0 saturated heterocycles. The fraction of sp³-hybridized carbons (Fsp3) is 0.417. The molecule has 0 aliphatic heterocycles. The number of rotatable bonds is 4. The van der Waals surface area contributed by atoms with Crippen molar-refractivity contribution in [3.63, 3.8) is 0 Å². The van der Waals surface area contributed by atoms with Gasteiger partial charge in [0.05, 0.1) is 0 Å². The highest BCUT2D eigenvalue weighted by Crippen LogP contribution is 2.62. The summed E-state index contributed by atoms with van der Waals surface area (Å²) in [6.45, 7) is 2.41. The first-order chi connectivity index (χ1) is 12.7. The molecule has 0 radical (unpaired) electrons. The van der Waals surface area contributed by atoms with Crippen molar-refractivity contribution in [1.29, 1.82) is 0 Å². The lowest BCUT2D eigenvalue weighted by Crippen LogP contribution is -2.41. The maximum absolute atomic E-state index is 14.9. The van der Waals surface area contributed by atoms with E-state index in [-0.39, 0.29) is 11.1 Å². The highest BCUT2D eigenvalue weighted by molar-refractivity contribution is 7.79. The van der Waals surface area contributed by atoms with Gasteiger partial charge in [-0.2, -0.15) is 0 Å². The summed E-state index contributed by atoms with van der Waals surface area (Å²) in [6, 6.07) is 20.6. The first-order valence-corrected chi connectivity index (χ1v) is 11.8. The van der Waals surface area contributed by atoms with E-state index in [4.69, 9.17) is 0 Å². The van der Waals surface area contributed by atoms with Crippen molar-refractivity contribution in [2.75, 3.05) is 0 Å². The molecule has 2 aromatic rings. The van der Waals surface area contributed by atoms with Crippen LogP contribution < -0.4 is 10.6 Å². The van der Waals surface area contributed by atoms with E-state index in [1.54, 1.807) is 5.57 Å². The number of allylic oxidation sites excluding steroid dienone is 2. The van der Waals surface area contributed by atoms with E-state index in [9.17, 15) is 4.57 Å². The van der Waals surface area contributed by atoms with Crippen molar-refractivity contribution in [3.05, 3.63) is 72.3 Å². The Morgan fingerprint density at radius 3 is 2.04 bits per heavy atom. The summed E-state index contributed by atoms with van der Waals surface area (Å²) < 4.78 is 14.9. The van der Waals surface area contributed by atoms with E-state index in [0.717, 1.165) is 17.0 Å². The molecule has 0 spiro atoms. The summed E-state index contributed by atoms with van der Waals surface area (Å²) in [4.78, 5) is 0. The quantitative estimate of drug-likeness (QED) is 0.476. The summed E-state index contributed by atoms with van der Waals surface area (Å²) in [5.41, 5.74) is 1.85. The molecule has 4 rings (SSSR count). The van der Waals surface area contributed by atoms with Gasteiger partial charge < -0.3 is 4.57 Å². The van der Waals surface area contributed by atoms with Crippen LogP contribution in [0.5, 0.6) is 0 Å². The third-order valence-electron chi connectivity index (χ3n) is 6.65. The Bertz CT molecular complexity index is 780. The molecule has 136 valence electrons. The highest BCUT2D eigenvalue weighted by Gasteiger charge is 2.50. The summed E-state index contributed by atoms with van der Waals surface area (Å²) in [5, 5.41) is 2.06. The smallest absolute Gasteiger partial charge is 0.147 e. The van der Waals surface area contributed by atoms with Crippen LogP contribution >= 0.6 is 7.14 Å². The number of benzene rings is 2. The molecule has 2 aliphatic carbocycles. The van der Waals surface area contributed by atoms with Crippen LogP contribution in [0.4, 0.5) is 0 Å². The van der Waals surface area contributed by atoms with Crippen molar-refractivity contribution in [1.82, 2.24) is 0 Å². The molecule has 0 heterocycles. The Balaban J connectivity index is 1.89. The lowest BCUT2D eigenvalue weighted by molar-refractivity contribution is 0.266. The van der Waals surface area contributed by atoms with E-state index < -0.39 is 7.14 Å². The van der Waals surface area contributed by atoms with Crippen LogP contribution in [0, 0.1) is 5.41 Å². The summed E-state index contributed by atoms with van der Waals surface area (Å²) in [7, 11) is -2.71. The fourth-order valence-corrected chi connectivity index (χ4v) is 9.16. The normalized spacial score (nSPS) is 26.5. The second-order valence-corrected chi connectivity index (χ2v) is 11.1. The van der Waals surface area contributed by atoms with Crippen molar-refractivity contribution in [2.45, 2.75) is 57.5 Å². The first-order valence-electron chi connectivity index (χ1n) is 10.1. The molecule has 2 heteroatoms. The Morgan fingerprint density at radius 2 is 1.50 bits per heavy atom. The van der Waals surface area contributed by atoms with Crippen molar-refractivity contribution in [3.8, 4) is 0 Å². The van der Waals surface area contributed by atoms with E-state index in [1.165, 1.54) is 38.5 Å². The zero-order valence-electron chi connectivity index (χ0n) is 15.7. The Morgan fingerprint density at radius 1 is 0.885 bits per heavy atom. The molecule has 0 amide bonds. The van der Waals surface area contributed by atoms with Crippen molar-refractivity contribution < 1.29 is 4.57 Å². The van der Waals surface area contributed by atoms with Gasteiger partial charge in [0.15, 0.2) is 0 Å². The molecule has 0 bridgehead atoms. The lowest BCUT2D eigenvalue weighted by atomic mass is 9.70. The second-order valence-electron chi connectivity index (χ2n) is 8.13. The van der Waals surface area contributed by atoms with Gasteiger partial charge in [0, 0.05) is 16.3 Å². The molecule has 0 aromatic heterocycles. The first kappa shape index (κ1) is 17.8. The van der Waals surface area contributed by atoms with Gasteiger partial charge in [-0.3, -0.25) is 0 Å². The zero-order valence-corrected chi connectivity index (χ0v) is 16.6. The fourth-order valence-electron chi connectivity index (χ4n) is 5.27. The topological polar surface area (TPSA) is 17.1 Å². The maximum atomic E-state index is 14.9. The van der Waals surface area contributed by atoms with E-state index in [1.807, 2.05) is 36.4 Å². The van der Waals surface area contributed by atoms with Gasteiger partial charge >= 0.3 is 0 Å². The monoisotopic (exact) mass is 364 g/mol. The molecule has 1 unspecified atom stereocenters. The summed E-state index contributed by atoms with van der Waals surface area (Å²) >= 11 is 0. The molecule has 1 fully saturated rings. The molecule has 2 aromatic carbocycles. The average molecular weight is 364 g/mol. The Hall–Kier alpha value is -1.59. The predicted octanol–water partition coefficient (Wildman–Crippen LogP) is 6.06. The van der Waals surface area contributed by atoms with Crippen LogP contribution in [0.1, 0.15) is 51.9 Å². The number of hydrogen-bond acceptors (Lipinski definition) is 1. The lowest BCUT2D eigenvalue weighted by Gasteiger charge is -2.47. The Kier molecular flexibility index (Phi) is 4.93. The summed E-state index contributed by atoms with van der Waals surface area (Å²) in [5.74, 6) is 0. The third kappa shape index (κ3) is 2.91. The van der Waals surface area contributed by atoms with Gasteiger partial charge in [-0.15, -0.1) is 0 Å².